The minimum atomic E-state index is -0.218. The highest BCUT2D eigenvalue weighted by Crippen LogP contribution is 2.45. The highest BCUT2D eigenvalue weighted by molar-refractivity contribution is 5.84. The summed E-state index contributed by atoms with van der Waals surface area (Å²) in [5.74, 6) is 0.818. The Morgan fingerprint density at radius 3 is 2.62 bits per heavy atom. The zero-order valence-corrected chi connectivity index (χ0v) is 21.1. The molecule has 1 unspecified atom stereocenters. The first-order valence-electron chi connectivity index (χ1n) is 13.2. The van der Waals surface area contributed by atoms with Gasteiger partial charge in [-0.05, 0) is 68.0 Å². The molecule has 2 aliphatic heterocycles. The molecule has 7 nitrogen and oxygen atoms in total. The Bertz CT molecular complexity index is 1490. The molecule has 1 spiro atoms. The lowest BCUT2D eigenvalue weighted by atomic mass is 9.72. The average Bonchev–Trinajstić information content (AvgIpc) is 3.63. The van der Waals surface area contributed by atoms with Crippen LogP contribution in [0.4, 0.5) is 4.79 Å². The van der Waals surface area contributed by atoms with Gasteiger partial charge in [0.25, 0.3) is 0 Å². The highest BCUT2D eigenvalue weighted by Gasteiger charge is 2.48. The number of carbonyl (C=O) groups excluding carboxylic acids is 1. The van der Waals surface area contributed by atoms with E-state index >= 15 is 0 Å². The average molecular weight is 494 g/mol. The van der Waals surface area contributed by atoms with Crippen LogP contribution < -0.4 is 10.1 Å². The summed E-state index contributed by atoms with van der Waals surface area (Å²) in [6.07, 6.45) is 7.05. The number of methoxy groups -OCH3 is 1. The standard InChI is InChI=1S/C30H31N5O2/c1-37-24-8-9-25-21(17-24)16-22(19-31-25)26-18-27-29(13-15-35(27)33-26)12-14-34(20-29)28(36)32-30(10-5-11-30)23-6-3-2-4-7-23/h2-4,6-9,16-19H,5,10-15,20H2,1H3,(H,32,36). The van der Waals surface area contributed by atoms with Crippen molar-refractivity contribution < 1.29 is 9.53 Å². The van der Waals surface area contributed by atoms with Gasteiger partial charge in [-0.25, -0.2) is 4.79 Å². The van der Waals surface area contributed by atoms with Crippen molar-refractivity contribution in [3.8, 4) is 17.0 Å². The minimum absolute atomic E-state index is 0.0321. The topological polar surface area (TPSA) is 72.3 Å². The number of hydrogen-bond acceptors (Lipinski definition) is 4. The molecule has 1 saturated heterocycles. The van der Waals surface area contributed by atoms with Crippen LogP contribution >= 0.6 is 0 Å². The fourth-order valence-corrected chi connectivity index (χ4v) is 6.50. The second-order valence-corrected chi connectivity index (χ2v) is 10.9. The summed E-state index contributed by atoms with van der Waals surface area (Å²) in [4.78, 5) is 20.1. The van der Waals surface area contributed by atoms with E-state index in [0.717, 1.165) is 79.6 Å². The Morgan fingerprint density at radius 1 is 1.00 bits per heavy atom. The van der Waals surface area contributed by atoms with Crippen molar-refractivity contribution in [3.63, 3.8) is 0 Å². The van der Waals surface area contributed by atoms with Crippen LogP contribution in [0.1, 0.15) is 43.4 Å². The van der Waals surface area contributed by atoms with E-state index in [1.807, 2.05) is 35.4 Å². The monoisotopic (exact) mass is 493 g/mol. The Morgan fingerprint density at radius 2 is 1.84 bits per heavy atom. The normalized spacial score (nSPS) is 21.7. The number of hydrogen-bond donors (Lipinski definition) is 1. The number of nitrogens with one attached hydrogen (secondary N) is 1. The number of carbonyl (C=O) groups is 1. The van der Waals surface area contributed by atoms with Gasteiger partial charge in [-0.1, -0.05) is 30.3 Å². The molecular weight excluding hydrogens is 462 g/mol. The van der Waals surface area contributed by atoms with Crippen LogP contribution in [-0.4, -0.2) is 45.9 Å². The van der Waals surface area contributed by atoms with Gasteiger partial charge in [0.15, 0.2) is 0 Å². The van der Waals surface area contributed by atoms with Gasteiger partial charge < -0.3 is 15.0 Å². The summed E-state index contributed by atoms with van der Waals surface area (Å²) in [5.41, 5.74) is 5.08. The molecule has 2 aromatic carbocycles. The molecule has 4 heterocycles. The Hall–Kier alpha value is -3.87. The smallest absolute Gasteiger partial charge is 0.318 e. The van der Waals surface area contributed by atoms with E-state index in [4.69, 9.17) is 9.84 Å². The lowest BCUT2D eigenvalue weighted by Gasteiger charge is -2.44. The van der Waals surface area contributed by atoms with Gasteiger partial charge in [0.2, 0.25) is 0 Å². The van der Waals surface area contributed by atoms with Crippen molar-refractivity contribution in [1.29, 1.82) is 0 Å². The van der Waals surface area contributed by atoms with Crippen LogP contribution in [0.15, 0.2) is 66.9 Å². The van der Waals surface area contributed by atoms with Crippen molar-refractivity contribution >= 4 is 16.9 Å². The number of ether oxygens (including phenoxy) is 1. The lowest BCUT2D eigenvalue weighted by molar-refractivity contribution is 0.154. The van der Waals surface area contributed by atoms with Crippen LogP contribution in [0.5, 0.6) is 5.75 Å². The van der Waals surface area contributed by atoms with E-state index in [1.54, 1.807) is 7.11 Å². The number of aromatic nitrogens is 3. The van der Waals surface area contributed by atoms with E-state index in [2.05, 4.69) is 51.4 Å². The summed E-state index contributed by atoms with van der Waals surface area (Å²) < 4.78 is 7.53. The largest absolute Gasteiger partial charge is 0.497 e. The molecule has 37 heavy (non-hydrogen) atoms. The van der Waals surface area contributed by atoms with Crippen molar-refractivity contribution in [2.24, 2.45) is 0 Å². The van der Waals surface area contributed by atoms with E-state index in [0.29, 0.717) is 0 Å². The maximum atomic E-state index is 13.5. The van der Waals surface area contributed by atoms with Gasteiger partial charge in [-0.15, -0.1) is 0 Å². The molecule has 0 bridgehead atoms. The fraction of sp³-hybridized carbons (Fsp3) is 0.367. The summed E-state index contributed by atoms with van der Waals surface area (Å²) in [6.45, 7) is 2.39. The van der Waals surface area contributed by atoms with Crippen LogP contribution in [0.25, 0.3) is 22.2 Å². The molecule has 7 rings (SSSR count). The molecule has 2 amide bonds. The Kier molecular flexibility index (Phi) is 5.03. The SMILES string of the molecule is COc1ccc2ncc(-c3cc4n(n3)CCC43CCN(C(=O)NC4(c5ccccc5)CCC4)C3)cc2c1. The molecule has 1 saturated carbocycles. The van der Waals surface area contributed by atoms with Crippen molar-refractivity contribution in [2.75, 3.05) is 20.2 Å². The van der Waals surface area contributed by atoms with Crippen molar-refractivity contribution in [2.45, 2.75) is 49.6 Å². The van der Waals surface area contributed by atoms with E-state index in [-0.39, 0.29) is 17.0 Å². The minimum Gasteiger partial charge on any atom is -0.497 e. The van der Waals surface area contributed by atoms with Crippen molar-refractivity contribution in [1.82, 2.24) is 25.0 Å². The Balaban J connectivity index is 1.12. The molecule has 188 valence electrons. The lowest BCUT2D eigenvalue weighted by Crippen LogP contribution is -2.54. The number of urea groups is 1. The fourth-order valence-electron chi connectivity index (χ4n) is 6.50. The third-order valence-electron chi connectivity index (χ3n) is 8.83. The first-order chi connectivity index (χ1) is 18.1. The number of fused-ring (bicyclic) bond motifs is 3. The molecule has 1 N–H and O–H groups in total. The molecule has 1 aliphatic carbocycles. The highest BCUT2D eigenvalue weighted by atomic mass is 16.5. The van der Waals surface area contributed by atoms with Crippen LogP contribution in [0.2, 0.25) is 0 Å². The van der Waals surface area contributed by atoms with Gasteiger partial charge in [-0.3, -0.25) is 9.67 Å². The third-order valence-corrected chi connectivity index (χ3v) is 8.83. The molecule has 2 aromatic heterocycles. The van der Waals surface area contributed by atoms with Gasteiger partial charge in [0, 0.05) is 47.9 Å². The van der Waals surface area contributed by atoms with Gasteiger partial charge in [-0.2, -0.15) is 5.10 Å². The second kappa shape index (κ2) is 8.33. The van der Waals surface area contributed by atoms with Gasteiger partial charge >= 0.3 is 6.03 Å². The molecular formula is C30H31N5O2. The zero-order valence-electron chi connectivity index (χ0n) is 21.1. The zero-order chi connectivity index (χ0) is 25.0. The summed E-state index contributed by atoms with van der Waals surface area (Å²) in [6, 6.07) is 20.8. The second-order valence-electron chi connectivity index (χ2n) is 10.9. The summed E-state index contributed by atoms with van der Waals surface area (Å²) >= 11 is 0. The Labute approximate surface area is 216 Å². The van der Waals surface area contributed by atoms with E-state index < -0.39 is 0 Å². The third kappa shape index (κ3) is 3.59. The maximum absolute atomic E-state index is 13.5. The number of likely N-dealkylation sites (tertiary alicyclic amines) is 1. The quantitative estimate of drug-likeness (QED) is 0.422. The number of pyridine rings is 1. The number of benzene rings is 2. The van der Waals surface area contributed by atoms with Crippen LogP contribution in [0.3, 0.4) is 0 Å². The predicted octanol–water partition coefficient (Wildman–Crippen LogP) is 5.24. The number of aryl methyl sites for hydroxylation is 1. The molecule has 0 radical (unpaired) electrons. The van der Waals surface area contributed by atoms with Gasteiger partial charge in [0.05, 0.1) is 23.9 Å². The molecule has 7 heteroatoms. The molecule has 2 fully saturated rings. The van der Waals surface area contributed by atoms with Crippen LogP contribution in [0, 0.1) is 0 Å². The first-order valence-corrected chi connectivity index (χ1v) is 13.2. The maximum Gasteiger partial charge on any atom is 0.318 e. The summed E-state index contributed by atoms with van der Waals surface area (Å²) in [5, 5.41) is 9.40. The number of nitrogens with zero attached hydrogens (tertiary/aromatic N) is 4. The predicted molar refractivity (Wildman–Crippen MR) is 143 cm³/mol. The summed E-state index contributed by atoms with van der Waals surface area (Å²) in [7, 11) is 1.68. The van der Waals surface area contributed by atoms with Crippen molar-refractivity contribution in [3.05, 3.63) is 78.1 Å². The van der Waals surface area contributed by atoms with Crippen LogP contribution in [-0.2, 0) is 17.5 Å². The van der Waals surface area contributed by atoms with Gasteiger partial charge in [0.1, 0.15) is 5.75 Å². The molecule has 4 aromatic rings. The van der Waals surface area contributed by atoms with E-state index in [9.17, 15) is 4.79 Å². The number of amides is 2. The number of rotatable bonds is 4. The first kappa shape index (κ1) is 22.3. The molecule has 1 atom stereocenters. The van der Waals surface area contributed by atoms with E-state index in [1.165, 1.54) is 11.3 Å². The molecule has 3 aliphatic rings.